The highest BCUT2D eigenvalue weighted by Gasteiger charge is 2.16. The third-order valence-corrected chi connectivity index (χ3v) is 6.00. The summed E-state index contributed by atoms with van der Waals surface area (Å²) < 4.78 is 27.3. The van der Waals surface area contributed by atoms with Crippen molar-refractivity contribution in [3.05, 3.63) is 53.6 Å². The maximum absolute atomic E-state index is 12.4. The van der Waals surface area contributed by atoms with Gasteiger partial charge < -0.3 is 10.2 Å². The first-order valence-electron chi connectivity index (χ1n) is 8.88. The summed E-state index contributed by atoms with van der Waals surface area (Å²) in [6.07, 6.45) is 4.37. The Morgan fingerprint density at radius 2 is 1.56 bits per heavy atom. The van der Waals surface area contributed by atoms with Crippen molar-refractivity contribution in [3.8, 4) is 0 Å². The summed E-state index contributed by atoms with van der Waals surface area (Å²) in [6.45, 7) is 1.53. The Balaban J connectivity index is 1.64. The van der Waals surface area contributed by atoms with Crippen molar-refractivity contribution in [3.63, 3.8) is 0 Å². The number of rotatable bonds is 4. The summed E-state index contributed by atoms with van der Waals surface area (Å²) >= 11 is 5.86. The van der Waals surface area contributed by atoms with Crippen molar-refractivity contribution in [1.29, 1.82) is 0 Å². The Hall–Kier alpha value is -2.25. The molecule has 2 N–H and O–H groups in total. The topological polar surface area (TPSA) is 78.5 Å². The van der Waals surface area contributed by atoms with Crippen LogP contribution in [0.1, 0.15) is 25.7 Å². The molecule has 0 aliphatic carbocycles. The van der Waals surface area contributed by atoms with Crippen LogP contribution in [-0.4, -0.2) is 32.4 Å². The fraction of sp³-hybridized carbons (Fsp3) is 0.316. The fourth-order valence-corrected chi connectivity index (χ4v) is 4.31. The first-order chi connectivity index (χ1) is 12.9. The van der Waals surface area contributed by atoms with E-state index in [1.54, 1.807) is 36.4 Å². The van der Waals surface area contributed by atoms with Gasteiger partial charge in [-0.2, -0.15) is 0 Å². The van der Waals surface area contributed by atoms with Crippen LogP contribution < -0.4 is 10.0 Å². The zero-order valence-electron chi connectivity index (χ0n) is 14.8. The lowest BCUT2D eigenvalue weighted by molar-refractivity contribution is 0.214. The molecule has 0 spiro atoms. The van der Waals surface area contributed by atoms with Crippen molar-refractivity contribution < 1.29 is 13.2 Å². The van der Waals surface area contributed by atoms with Crippen LogP contribution in [0.25, 0.3) is 0 Å². The molecule has 1 fully saturated rings. The predicted octanol–water partition coefficient (Wildman–Crippen LogP) is 4.55. The zero-order valence-corrected chi connectivity index (χ0v) is 16.4. The van der Waals surface area contributed by atoms with Gasteiger partial charge in [0.25, 0.3) is 10.0 Å². The maximum atomic E-state index is 12.4. The molecule has 144 valence electrons. The molecular formula is C19H22ClN3O3S. The van der Waals surface area contributed by atoms with Gasteiger partial charge in [0, 0.05) is 29.5 Å². The molecule has 2 aromatic rings. The maximum Gasteiger partial charge on any atom is 0.321 e. The smallest absolute Gasteiger partial charge is 0.321 e. The summed E-state index contributed by atoms with van der Waals surface area (Å²) in [5.41, 5.74) is 1.03. The Morgan fingerprint density at radius 3 is 2.19 bits per heavy atom. The number of anilines is 2. The van der Waals surface area contributed by atoms with Gasteiger partial charge in [-0.3, -0.25) is 4.72 Å². The number of nitrogens with one attached hydrogen (secondary N) is 2. The number of halogens is 1. The molecule has 0 atom stereocenters. The van der Waals surface area contributed by atoms with Gasteiger partial charge in [0.2, 0.25) is 0 Å². The highest BCUT2D eigenvalue weighted by atomic mass is 35.5. The van der Waals surface area contributed by atoms with E-state index in [1.165, 1.54) is 12.1 Å². The number of likely N-dealkylation sites (tertiary alicyclic amines) is 1. The number of sulfonamides is 1. The summed E-state index contributed by atoms with van der Waals surface area (Å²) in [7, 11) is -3.72. The minimum absolute atomic E-state index is 0.0912. The van der Waals surface area contributed by atoms with Crippen molar-refractivity contribution in [2.24, 2.45) is 0 Å². The SMILES string of the molecule is O=C(Nc1ccc(NS(=O)(=O)c2cccc(Cl)c2)cc1)N1CCCCCC1. The summed E-state index contributed by atoms with van der Waals surface area (Å²) in [5, 5.41) is 3.21. The quantitative estimate of drug-likeness (QED) is 0.780. The second-order valence-corrected chi connectivity index (χ2v) is 8.59. The van der Waals surface area contributed by atoms with Crippen molar-refractivity contribution in [1.82, 2.24) is 4.90 Å². The van der Waals surface area contributed by atoms with E-state index in [2.05, 4.69) is 10.0 Å². The molecule has 0 radical (unpaired) electrons. The molecule has 2 aromatic carbocycles. The highest BCUT2D eigenvalue weighted by Crippen LogP contribution is 2.21. The number of hydrogen-bond donors (Lipinski definition) is 2. The van der Waals surface area contributed by atoms with E-state index in [-0.39, 0.29) is 10.9 Å². The van der Waals surface area contributed by atoms with Crippen LogP contribution in [0, 0.1) is 0 Å². The molecule has 1 aliphatic heterocycles. The molecule has 0 aromatic heterocycles. The molecule has 0 saturated carbocycles. The normalized spacial score (nSPS) is 15.1. The van der Waals surface area contributed by atoms with Crippen LogP contribution in [0.3, 0.4) is 0 Å². The van der Waals surface area contributed by atoms with E-state index in [9.17, 15) is 13.2 Å². The molecule has 1 saturated heterocycles. The second kappa shape index (κ2) is 8.63. The molecule has 1 heterocycles. The van der Waals surface area contributed by atoms with E-state index in [4.69, 9.17) is 11.6 Å². The number of urea groups is 1. The van der Waals surface area contributed by atoms with E-state index in [0.29, 0.717) is 16.4 Å². The minimum Gasteiger partial charge on any atom is -0.325 e. The molecule has 0 bridgehead atoms. The second-order valence-electron chi connectivity index (χ2n) is 6.47. The van der Waals surface area contributed by atoms with Gasteiger partial charge in [-0.1, -0.05) is 30.5 Å². The van der Waals surface area contributed by atoms with Crippen LogP contribution in [0.2, 0.25) is 5.02 Å². The Morgan fingerprint density at radius 1 is 0.926 bits per heavy atom. The van der Waals surface area contributed by atoms with E-state index < -0.39 is 10.0 Å². The number of hydrogen-bond acceptors (Lipinski definition) is 3. The summed E-state index contributed by atoms with van der Waals surface area (Å²) in [6, 6.07) is 12.5. The number of benzene rings is 2. The average molecular weight is 408 g/mol. The number of carbonyl (C=O) groups is 1. The standard InChI is InChI=1S/C19H22ClN3O3S/c20-15-6-5-7-18(14-15)27(25,26)22-17-10-8-16(9-11-17)21-19(24)23-12-3-1-2-4-13-23/h5-11,14,22H,1-4,12-13H2,(H,21,24). The lowest BCUT2D eigenvalue weighted by atomic mass is 10.2. The predicted molar refractivity (Wildman–Crippen MR) is 108 cm³/mol. The monoisotopic (exact) mass is 407 g/mol. The molecule has 1 aliphatic rings. The highest BCUT2D eigenvalue weighted by molar-refractivity contribution is 7.92. The van der Waals surface area contributed by atoms with E-state index in [0.717, 1.165) is 38.8 Å². The van der Waals surface area contributed by atoms with Crippen LogP contribution >= 0.6 is 11.6 Å². The molecule has 27 heavy (non-hydrogen) atoms. The van der Waals surface area contributed by atoms with Crippen LogP contribution in [0.15, 0.2) is 53.4 Å². The van der Waals surface area contributed by atoms with Gasteiger partial charge in [-0.05, 0) is 55.3 Å². The largest absolute Gasteiger partial charge is 0.325 e. The summed E-state index contributed by atoms with van der Waals surface area (Å²) in [5.74, 6) is 0. The van der Waals surface area contributed by atoms with Gasteiger partial charge in [0.15, 0.2) is 0 Å². The van der Waals surface area contributed by atoms with Crippen LogP contribution in [-0.2, 0) is 10.0 Å². The van der Waals surface area contributed by atoms with Crippen molar-refractivity contribution in [2.75, 3.05) is 23.1 Å². The number of nitrogens with zero attached hydrogens (tertiary/aromatic N) is 1. The van der Waals surface area contributed by atoms with Gasteiger partial charge in [-0.25, -0.2) is 13.2 Å². The third kappa shape index (κ3) is 5.37. The lowest BCUT2D eigenvalue weighted by Gasteiger charge is -2.20. The van der Waals surface area contributed by atoms with Crippen LogP contribution in [0.5, 0.6) is 0 Å². The molecule has 6 nitrogen and oxygen atoms in total. The minimum atomic E-state index is -3.72. The van der Waals surface area contributed by atoms with Crippen molar-refractivity contribution >= 4 is 39.0 Å². The number of amides is 2. The third-order valence-electron chi connectivity index (χ3n) is 4.39. The Labute approximate surface area is 164 Å². The first kappa shape index (κ1) is 19.5. The lowest BCUT2D eigenvalue weighted by Crippen LogP contribution is -2.35. The molecule has 8 heteroatoms. The molecular weight excluding hydrogens is 386 g/mol. The van der Waals surface area contributed by atoms with Gasteiger partial charge in [0.05, 0.1) is 4.90 Å². The average Bonchev–Trinajstić information content (AvgIpc) is 2.93. The Kier molecular flexibility index (Phi) is 6.23. The van der Waals surface area contributed by atoms with Gasteiger partial charge in [-0.15, -0.1) is 0 Å². The van der Waals surface area contributed by atoms with Gasteiger partial charge >= 0.3 is 6.03 Å². The fourth-order valence-electron chi connectivity index (χ4n) is 2.95. The number of carbonyl (C=O) groups excluding carboxylic acids is 1. The first-order valence-corrected chi connectivity index (χ1v) is 10.7. The molecule has 0 unspecified atom stereocenters. The zero-order chi connectivity index (χ0) is 19.3. The molecule has 2 amide bonds. The van der Waals surface area contributed by atoms with Crippen molar-refractivity contribution in [2.45, 2.75) is 30.6 Å². The molecule has 3 rings (SSSR count). The van der Waals surface area contributed by atoms with E-state index >= 15 is 0 Å². The van der Waals surface area contributed by atoms with E-state index in [1.807, 2.05) is 4.90 Å². The van der Waals surface area contributed by atoms with Crippen LogP contribution in [0.4, 0.5) is 16.2 Å². The van der Waals surface area contributed by atoms with Gasteiger partial charge in [0.1, 0.15) is 0 Å². The Bertz CT molecular complexity index is 893. The summed E-state index contributed by atoms with van der Waals surface area (Å²) in [4.78, 5) is 14.3.